The summed E-state index contributed by atoms with van der Waals surface area (Å²) in [6.45, 7) is 1.30. The van der Waals surface area contributed by atoms with Crippen LogP contribution in [0.25, 0.3) is 0 Å². The van der Waals surface area contributed by atoms with Gasteiger partial charge >= 0.3 is 0 Å². The number of fused-ring (bicyclic) bond motifs is 1. The van der Waals surface area contributed by atoms with Crippen LogP contribution in [-0.2, 0) is 16.4 Å². The molecule has 0 saturated heterocycles. The molecular formula is C16H15Cl2NO4S. The molecule has 2 aromatic carbocycles. The molecule has 0 atom stereocenters. The molecule has 2 aromatic rings. The van der Waals surface area contributed by atoms with E-state index in [1.54, 1.807) is 0 Å². The van der Waals surface area contributed by atoms with Gasteiger partial charge in [-0.1, -0.05) is 29.3 Å². The van der Waals surface area contributed by atoms with Gasteiger partial charge in [-0.15, -0.1) is 0 Å². The largest absolute Gasteiger partial charge is 0.486 e. The number of halogens is 2. The van der Waals surface area contributed by atoms with E-state index in [1.165, 1.54) is 18.2 Å². The normalized spacial score (nSPS) is 13.8. The first-order chi connectivity index (χ1) is 11.5. The van der Waals surface area contributed by atoms with Crippen molar-refractivity contribution in [2.75, 3.05) is 19.8 Å². The second kappa shape index (κ2) is 7.19. The standard InChI is InChI=1S/C16H15Cl2NO4S/c17-13-3-2-12(10-14(13)18)24(20,21)19-6-5-11-1-4-15-16(9-11)23-8-7-22-15/h1-4,9-10,19H,5-8H2. The highest BCUT2D eigenvalue weighted by atomic mass is 35.5. The van der Waals surface area contributed by atoms with Gasteiger partial charge in [0.2, 0.25) is 10.0 Å². The summed E-state index contributed by atoms with van der Waals surface area (Å²) in [6.07, 6.45) is 0.525. The molecule has 5 nitrogen and oxygen atoms in total. The molecule has 0 aromatic heterocycles. The molecule has 24 heavy (non-hydrogen) atoms. The van der Waals surface area contributed by atoms with Crippen molar-refractivity contribution >= 4 is 33.2 Å². The molecule has 1 aliphatic heterocycles. The van der Waals surface area contributed by atoms with Gasteiger partial charge in [0.25, 0.3) is 0 Å². The second-order valence-electron chi connectivity index (χ2n) is 5.20. The Bertz CT molecular complexity index is 855. The molecule has 1 aliphatic rings. The molecule has 0 bridgehead atoms. The SMILES string of the molecule is O=S(=O)(NCCc1ccc2c(c1)OCCO2)c1ccc(Cl)c(Cl)c1. The van der Waals surface area contributed by atoms with Crippen LogP contribution in [-0.4, -0.2) is 28.2 Å². The van der Waals surface area contributed by atoms with Crippen LogP contribution in [0.1, 0.15) is 5.56 Å². The Balaban J connectivity index is 1.64. The van der Waals surface area contributed by atoms with Gasteiger partial charge in [-0.2, -0.15) is 0 Å². The van der Waals surface area contributed by atoms with Gasteiger partial charge in [-0.05, 0) is 42.3 Å². The third kappa shape index (κ3) is 3.95. The van der Waals surface area contributed by atoms with Crippen molar-refractivity contribution in [2.24, 2.45) is 0 Å². The first-order valence-corrected chi connectivity index (χ1v) is 9.53. The number of hydrogen-bond donors (Lipinski definition) is 1. The Labute approximate surface area is 150 Å². The molecule has 8 heteroatoms. The van der Waals surface area contributed by atoms with E-state index in [9.17, 15) is 8.42 Å². The zero-order valence-corrected chi connectivity index (χ0v) is 14.9. The summed E-state index contributed by atoms with van der Waals surface area (Å²) < 4.78 is 38.0. The van der Waals surface area contributed by atoms with Crippen LogP contribution in [0, 0.1) is 0 Å². The fraction of sp³-hybridized carbons (Fsp3) is 0.250. The van der Waals surface area contributed by atoms with Crippen LogP contribution < -0.4 is 14.2 Å². The number of sulfonamides is 1. The fourth-order valence-corrected chi connectivity index (χ4v) is 3.72. The highest BCUT2D eigenvalue weighted by Gasteiger charge is 2.16. The topological polar surface area (TPSA) is 64.6 Å². The minimum Gasteiger partial charge on any atom is -0.486 e. The molecule has 0 unspecified atom stereocenters. The Kier molecular flexibility index (Phi) is 5.20. The third-order valence-corrected chi connectivity index (χ3v) is 5.71. The maximum atomic E-state index is 12.3. The lowest BCUT2D eigenvalue weighted by molar-refractivity contribution is 0.171. The van der Waals surface area contributed by atoms with E-state index in [0.29, 0.717) is 36.2 Å². The summed E-state index contributed by atoms with van der Waals surface area (Å²) in [5, 5.41) is 0.512. The molecular weight excluding hydrogens is 373 g/mol. The van der Waals surface area contributed by atoms with Crippen LogP contribution >= 0.6 is 23.2 Å². The van der Waals surface area contributed by atoms with E-state index < -0.39 is 10.0 Å². The molecule has 0 spiro atoms. The van der Waals surface area contributed by atoms with Crippen molar-refractivity contribution in [3.05, 3.63) is 52.0 Å². The Hall–Kier alpha value is -1.47. The average Bonchev–Trinajstić information content (AvgIpc) is 2.57. The number of benzene rings is 2. The highest BCUT2D eigenvalue weighted by molar-refractivity contribution is 7.89. The van der Waals surface area contributed by atoms with Gasteiger partial charge in [0.05, 0.1) is 14.9 Å². The van der Waals surface area contributed by atoms with Crippen molar-refractivity contribution < 1.29 is 17.9 Å². The summed E-state index contributed by atoms with van der Waals surface area (Å²) in [6, 6.07) is 9.79. The summed E-state index contributed by atoms with van der Waals surface area (Å²) in [5.41, 5.74) is 0.955. The van der Waals surface area contributed by atoms with E-state index in [1.807, 2.05) is 18.2 Å². The maximum Gasteiger partial charge on any atom is 0.240 e. The lowest BCUT2D eigenvalue weighted by atomic mass is 10.1. The van der Waals surface area contributed by atoms with Gasteiger partial charge in [0.1, 0.15) is 13.2 Å². The van der Waals surface area contributed by atoms with Crippen molar-refractivity contribution in [1.82, 2.24) is 4.72 Å². The lowest BCUT2D eigenvalue weighted by Gasteiger charge is -2.18. The minimum atomic E-state index is -3.64. The number of nitrogens with one attached hydrogen (secondary N) is 1. The molecule has 128 valence electrons. The predicted molar refractivity (Wildman–Crippen MR) is 92.8 cm³/mol. The fourth-order valence-electron chi connectivity index (χ4n) is 2.30. The molecule has 0 amide bonds. The molecule has 0 saturated carbocycles. The smallest absolute Gasteiger partial charge is 0.240 e. The first kappa shape index (κ1) is 17.4. The van der Waals surface area contributed by atoms with E-state index >= 15 is 0 Å². The van der Waals surface area contributed by atoms with Gasteiger partial charge < -0.3 is 9.47 Å². The van der Waals surface area contributed by atoms with Gasteiger partial charge in [-0.3, -0.25) is 0 Å². The van der Waals surface area contributed by atoms with Crippen LogP contribution in [0.5, 0.6) is 11.5 Å². The Morgan fingerprint density at radius 2 is 1.71 bits per heavy atom. The van der Waals surface area contributed by atoms with Crippen molar-refractivity contribution in [3.63, 3.8) is 0 Å². The highest BCUT2D eigenvalue weighted by Crippen LogP contribution is 2.30. The summed E-state index contributed by atoms with van der Waals surface area (Å²) in [4.78, 5) is 0.0825. The molecule has 3 rings (SSSR count). The first-order valence-electron chi connectivity index (χ1n) is 7.29. The van der Waals surface area contributed by atoms with Crippen molar-refractivity contribution in [2.45, 2.75) is 11.3 Å². The van der Waals surface area contributed by atoms with Crippen molar-refractivity contribution in [3.8, 4) is 11.5 Å². The molecule has 0 aliphatic carbocycles. The van der Waals surface area contributed by atoms with Crippen LogP contribution in [0.3, 0.4) is 0 Å². The third-order valence-electron chi connectivity index (χ3n) is 3.51. The van der Waals surface area contributed by atoms with Crippen LogP contribution in [0.4, 0.5) is 0 Å². The Morgan fingerprint density at radius 3 is 2.46 bits per heavy atom. The number of ether oxygens (including phenoxy) is 2. The lowest BCUT2D eigenvalue weighted by Crippen LogP contribution is -2.26. The number of rotatable bonds is 5. The zero-order valence-electron chi connectivity index (χ0n) is 12.6. The summed E-state index contributed by atoms with van der Waals surface area (Å²) in [5.74, 6) is 1.40. The monoisotopic (exact) mass is 387 g/mol. The van der Waals surface area contributed by atoms with E-state index in [2.05, 4.69) is 4.72 Å². The number of hydrogen-bond acceptors (Lipinski definition) is 4. The minimum absolute atomic E-state index is 0.0825. The van der Waals surface area contributed by atoms with Crippen LogP contribution in [0.2, 0.25) is 10.0 Å². The van der Waals surface area contributed by atoms with Crippen molar-refractivity contribution in [1.29, 1.82) is 0 Å². The Morgan fingerprint density at radius 1 is 0.958 bits per heavy atom. The average molecular weight is 388 g/mol. The molecule has 1 heterocycles. The van der Waals surface area contributed by atoms with Crippen LogP contribution in [0.15, 0.2) is 41.3 Å². The van der Waals surface area contributed by atoms with Gasteiger partial charge in [0, 0.05) is 6.54 Å². The second-order valence-corrected chi connectivity index (χ2v) is 7.78. The molecule has 1 N–H and O–H groups in total. The summed E-state index contributed by atoms with van der Waals surface area (Å²) >= 11 is 11.7. The quantitative estimate of drug-likeness (QED) is 0.854. The maximum absolute atomic E-state index is 12.3. The van der Waals surface area contributed by atoms with E-state index in [-0.39, 0.29) is 16.5 Å². The molecule has 0 fully saturated rings. The van der Waals surface area contributed by atoms with Gasteiger partial charge in [0.15, 0.2) is 11.5 Å². The zero-order chi connectivity index (χ0) is 17.2. The van der Waals surface area contributed by atoms with Gasteiger partial charge in [-0.25, -0.2) is 13.1 Å². The van der Waals surface area contributed by atoms with E-state index in [0.717, 1.165) is 5.56 Å². The van der Waals surface area contributed by atoms with E-state index in [4.69, 9.17) is 32.7 Å². The predicted octanol–water partition coefficient (Wildman–Crippen LogP) is 3.29. The molecule has 0 radical (unpaired) electrons. The summed E-state index contributed by atoms with van der Waals surface area (Å²) in [7, 11) is -3.64.